The Morgan fingerprint density at radius 1 is 1.16 bits per heavy atom. The Kier molecular flexibility index (Phi) is 11.8. The zero-order chi connectivity index (χ0) is 18.2. The number of aryl methyl sites for hydroxylation is 2. The van der Waals surface area contributed by atoms with Gasteiger partial charge >= 0.3 is 29.6 Å². The topological polar surface area (TPSA) is 86.7 Å². The van der Waals surface area contributed by atoms with Crippen LogP contribution in [0.5, 0.6) is 0 Å². The van der Waals surface area contributed by atoms with Crippen molar-refractivity contribution in [3.05, 3.63) is 29.3 Å². The first-order chi connectivity index (χ1) is 11.3. The van der Waals surface area contributed by atoms with Gasteiger partial charge in [0.2, 0.25) is 5.91 Å². The van der Waals surface area contributed by atoms with Gasteiger partial charge in [0.25, 0.3) is 0 Å². The predicted octanol–water partition coefficient (Wildman–Crippen LogP) is -0.532. The SMILES string of the molecule is CCCCOCN(C(=O)CS(=O)(=O)[O-])c1c(CC)cccc1CC.[Na+]. The van der Waals surface area contributed by atoms with Crippen molar-refractivity contribution in [2.24, 2.45) is 0 Å². The molecule has 0 bridgehead atoms. The number of ether oxygens (including phenoxy) is 1. The van der Waals surface area contributed by atoms with Crippen LogP contribution in [0.1, 0.15) is 44.7 Å². The molecule has 0 radical (unpaired) electrons. The van der Waals surface area contributed by atoms with Crippen LogP contribution in [0.3, 0.4) is 0 Å². The van der Waals surface area contributed by atoms with E-state index < -0.39 is 21.8 Å². The molecule has 1 amide bonds. The number of amides is 1. The zero-order valence-electron chi connectivity index (χ0n) is 15.6. The number of hydrogen-bond donors (Lipinski definition) is 0. The number of anilines is 1. The zero-order valence-corrected chi connectivity index (χ0v) is 18.4. The van der Waals surface area contributed by atoms with Gasteiger partial charge in [-0.1, -0.05) is 45.4 Å². The molecule has 0 fully saturated rings. The van der Waals surface area contributed by atoms with Gasteiger partial charge in [-0.25, -0.2) is 8.42 Å². The molecular weight excluding hydrogens is 353 g/mol. The molecule has 136 valence electrons. The molecule has 0 spiro atoms. The van der Waals surface area contributed by atoms with Gasteiger partial charge in [0.1, 0.15) is 22.6 Å². The van der Waals surface area contributed by atoms with E-state index in [2.05, 4.69) is 0 Å². The molecule has 0 atom stereocenters. The summed E-state index contributed by atoms with van der Waals surface area (Å²) in [6.45, 7) is 6.36. The summed E-state index contributed by atoms with van der Waals surface area (Å²) >= 11 is 0. The van der Waals surface area contributed by atoms with Gasteiger partial charge in [-0.3, -0.25) is 9.69 Å². The molecule has 0 saturated heterocycles. The summed E-state index contributed by atoms with van der Waals surface area (Å²) in [5.74, 6) is -1.82. The number of nitrogens with zero attached hydrogens (tertiary/aromatic N) is 1. The Bertz CT molecular complexity index is 626. The van der Waals surface area contributed by atoms with Crippen LogP contribution >= 0.6 is 0 Å². The maximum Gasteiger partial charge on any atom is 1.00 e. The first-order valence-electron chi connectivity index (χ1n) is 8.26. The van der Waals surface area contributed by atoms with Crippen molar-refractivity contribution >= 4 is 21.7 Å². The number of para-hydroxylation sites is 1. The summed E-state index contributed by atoms with van der Waals surface area (Å²) in [6.07, 6.45) is 3.17. The Morgan fingerprint density at radius 3 is 2.16 bits per heavy atom. The van der Waals surface area contributed by atoms with Crippen molar-refractivity contribution in [1.82, 2.24) is 0 Å². The molecule has 1 rings (SSSR count). The van der Waals surface area contributed by atoms with E-state index in [0.29, 0.717) is 25.1 Å². The number of rotatable bonds is 10. The van der Waals surface area contributed by atoms with Crippen LogP contribution in [0.15, 0.2) is 18.2 Å². The molecule has 0 heterocycles. The van der Waals surface area contributed by atoms with Gasteiger partial charge < -0.3 is 9.29 Å². The summed E-state index contributed by atoms with van der Waals surface area (Å²) in [7, 11) is -4.65. The molecule has 0 unspecified atom stereocenters. The minimum Gasteiger partial charge on any atom is -0.748 e. The molecule has 0 N–H and O–H groups in total. The van der Waals surface area contributed by atoms with Gasteiger partial charge in [0, 0.05) is 6.61 Å². The second-order valence-electron chi connectivity index (χ2n) is 5.55. The molecule has 0 aromatic heterocycles. The van der Waals surface area contributed by atoms with E-state index in [-0.39, 0.29) is 36.3 Å². The average molecular weight is 379 g/mol. The number of hydrogen-bond acceptors (Lipinski definition) is 5. The van der Waals surface area contributed by atoms with Crippen molar-refractivity contribution in [3.8, 4) is 0 Å². The minimum absolute atomic E-state index is 0. The van der Waals surface area contributed by atoms with Gasteiger partial charge in [0.15, 0.2) is 0 Å². The third-order valence-corrected chi connectivity index (χ3v) is 4.30. The molecule has 0 aliphatic rings. The van der Waals surface area contributed by atoms with E-state index in [0.717, 1.165) is 24.0 Å². The fraction of sp³-hybridized carbons (Fsp3) is 0.588. The van der Waals surface area contributed by atoms with Crippen LogP contribution < -0.4 is 34.5 Å². The number of benzene rings is 1. The Balaban J connectivity index is 0.00000576. The first kappa shape index (κ1) is 24.6. The van der Waals surface area contributed by atoms with Gasteiger partial charge in [0.05, 0.1) is 5.69 Å². The second kappa shape index (κ2) is 12.0. The fourth-order valence-corrected chi connectivity index (χ4v) is 2.91. The van der Waals surface area contributed by atoms with E-state index in [1.807, 2.05) is 39.0 Å². The third kappa shape index (κ3) is 8.19. The van der Waals surface area contributed by atoms with Crippen LogP contribution in [-0.2, 0) is 32.5 Å². The Morgan fingerprint density at radius 2 is 1.72 bits per heavy atom. The van der Waals surface area contributed by atoms with Crippen molar-refractivity contribution in [2.45, 2.75) is 46.5 Å². The standard InChI is InChI=1S/C17H27NO5S.Na/c1-4-7-11-23-13-18(16(19)12-24(20,21)22)17-14(5-2)9-8-10-15(17)6-3;/h8-10H,4-7,11-13H2,1-3H3,(H,20,21,22);/q;+1/p-1. The Hall–Kier alpha value is -0.440. The summed E-state index contributed by atoms with van der Waals surface area (Å²) in [6, 6.07) is 5.70. The predicted molar refractivity (Wildman–Crippen MR) is 93.0 cm³/mol. The summed E-state index contributed by atoms with van der Waals surface area (Å²) in [4.78, 5) is 13.7. The Labute approximate surface area is 173 Å². The average Bonchev–Trinajstić information content (AvgIpc) is 2.52. The molecule has 6 nitrogen and oxygen atoms in total. The monoisotopic (exact) mass is 379 g/mol. The summed E-state index contributed by atoms with van der Waals surface area (Å²) in [5, 5.41) is 0. The van der Waals surface area contributed by atoms with Crippen molar-refractivity contribution < 1.29 is 52.1 Å². The maximum atomic E-state index is 12.4. The number of carbonyl (C=O) groups is 1. The quantitative estimate of drug-likeness (QED) is 0.236. The van der Waals surface area contributed by atoms with Crippen molar-refractivity contribution in [3.63, 3.8) is 0 Å². The molecule has 1 aromatic rings. The van der Waals surface area contributed by atoms with Crippen molar-refractivity contribution in [1.29, 1.82) is 0 Å². The smallest absolute Gasteiger partial charge is 0.748 e. The largest absolute Gasteiger partial charge is 1.00 e. The second-order valence-corrected chi connectivity index (χ2v) is 6.95. The summed E-state index contributed by atoms with van der Waals surface area (Å²) in [5.41, 5.74) is 2.50. The van der Waals surface area contributed by atoms with Crippen molar-refractivity contribution in [2.75, 3.05) is 24.0 Å². The van der Waals surface area contributed by atoms with Gasteiger partial charge in [-0.2, -0.15) is 0 Å². The molecule has 0 saturated carbocycles. The molecular formula is C17H26NNaO5S. The number of unbranched alkanes of at least 4 members (excludes halogenated alkanes) is 1. The van der Waals surface area contributed by atoms with E-state index in [1.54, 1.807) is 0 Å². The van der Waals surface area contributed by atoms with Gasteiger partial charge in [-0.15, -0.1) is 0 Å². The number of carbonyl (C=O) groups excluding carboxylic acids is 1. The maximum absolute atomic E-state index is 12.4. The van der Waals surface area contributed by atoms with E-state index in [1.165, 1.54) is 4.90 Å². The molecule has 0 aliphatic heterocycles. The van der Waals surface area contributed by atoms with E-state index in [4.69, 9.17) is 4.74 Å². The normalized spacial score (nSPS) is 11.0. The van der Waals surface area contributed by atoms with E-state index in [9.17, 15) is 17.8 Å². The third-order valence-electron chi connectivity index (χ3n) is 3.70. The molecule has 8 heteroatoms. The molecule has 1 aromatic carbocycles. The van der Waals surface area contributed by atoms with Crippen LogP contribution in [0.4, 0.5) is 5.69 Å². The van der Waals surface area contributed by atoms with Crippen LogP contribution in [0.25, 0.3) is 0 Å². The molecule has 0 aliphatic carbocycles. The minimum atomic E-state index is -4.65. The van der Waals surface area contributed by atoms with E-state index >= 15 is 0 Å². The first-order valence-corrected chi connectivity index (χ1v) is 9.84. The summed E-state index contributed by atoms with van der Waals surface area (Å²) < 4.78 is 38.6. The van der Waals surface area contributed by atoms with Gasteiger partial charge in [-0.05, 0) is 30.4 Å². The fourth-order valence-electron chi connectivity index (χ4n) is 2.45. The van der Waals surface area contributed by atoms with Crippen LogP contribution in [0.2, 0.25) is 0 Å². The molecule has 25 heavy (non-hydrogen) atoms. The van der Waals surface area contributed by atoms with Crippen LogP contribution in [-0.4, -0.2) is 38.0 Å². The van der Waals surface area contributed by atoms with Crippen LogP contribution in [0, 0.1) is 0 Å².